The number of hydrogen-bond donors (Lipinski definition) is 1. The second-order valence-corrected chi connectivity index (χ2v) is 6.74. The molecular formula is C16H16FNO4S. The molecule has 2 aromatic carbocycles. The molecule has 1 N–H and O–H groups in total. The molecule has 2 rings (SSSR count). The van der Waals surface area contributed by atoms with Gasteiger partial charge in [0.2, 0.25) is 10.0 Å². The highest BCUT2D eigenvalue weighted by Gasteiger charge is 2.17. The van der Waals surface area contributed by atoms with Gasteiger partial charge in [-0.25, -0.2) is 12.8 Å². The summed E-state index contributed by atoms with van der Waals surface area (Å²) in [5.41, 5.74) is 0.966. The van der Waals surface area contributed by atoms with Crippen LogP contribution >= 0.6 is 0 Å². The quantitative estimate of drug-likeness (QED) is 0.671. The minimum atomic E-state index is -3.91. The SMILES string of the molecule is Cc1cc(S(=O)(=O)NCC(=O)Oc2ccccc2C)ccc1F. The van der Waals surface area contributed by atoms with Crippen LogP contribution in [-0.2, 0) is 14.8 Å². The normalized spacial score (nSPS) is 11.3. The Morgan fingerprint density at radius 1 is 1.13 bits per heavy atom. The number of carbonyl (C=O) groups is 1. The van der Waals surface area contributed by atoms with E-state index in [2.05, 4.69) is 4.72 Å². The van der Waals surface area contributed by atoms with Crippen molar-refractivity contribution in [3.8, 4) is 5.75 Å². The molecule has 0 aliphatic rings. The summed E-state index contributed by atoms with van der Waals surface area (Å²) in [4.78, 5) is 11.6. The van der Waals surface area contributed by atoms with Gasteiger partial charge in [0, 0.05) is 0 Å². The summed E-state index contributed by atoms with van der Waals surface area (Å²) in [6.45, 7) is 2.71. The zero-order chi connectivity index (χ0) is 17.0. The first kappa shape index (κ1) is 17.1. The van der Waals surface area contributed by atoms with E-state index < -0.39 is 28.4 Å². The van der Waals surface area contributed by atoms with E-state index in [0.717, 1.165) is 17.7 Å². The van der Waals surface area contributed by atoms with Gasteiger partial charge in [-0.1, -0.05) is 18.2 Å². The van der Waals surface area contributed by atoms with E-state index in [1.165, 1.54) is 13.0 Å². The third-order valence-corrected chi connectivity index (χ3v) is 4.56. The average Bonchev–Trinajstić information content (AvgIpc) is 2.50. The fourth-order valence-corrected chi connectivity index (χ4v) is 2.90. The average molecular weight is 337 g/mol. The summed E-state index contributed by atoms with van der Waals surface area (Å²) >= 11 is 0. The molecule has 0 unspecified atom stereocenters. The van der Waals surface area contributed by atoms with Gasteiger partial charge in [-0.15, -0.1) is 0 Å². The van der Waals surface area contributed by atoms with Crippen LogP contribution in [0.15, 0.2) is 47.4 Å². The molecule has 0 spiro atoms. The molecule has 0 amide bonds. The number of sulfonamides is 1. The molecule has 0 aliphatic heterocycles. The fraction of sp³-hybridized carbons (Fsp3) is 0.188. The molecule has 0 saturated carbocycles. The molecule has 0 aliphatic carbocycles. The van der Waals surface area contributed by atoms with Crippen LogP contribution in [-0.4, -0.2) is 20.9 Å². The predicted octanol–water partition coefficient (Wildman–Crippen LogP) is 2.33. The molecular weight excluding hydrogens is 321 g/mol. The standard InChI is InChI=1S/C16H16FNO4S/c1-11-5-3-4-6-15(11)22-16(19)10-18-23(20,21)13-7-8-14(17)12(2)9-13/h3-9,18H,10H2,1-2H3. The highest BCUT2D eigenvalue weighted by atomic mass is 32.2. The van der Waals surface area contributed by atoms with Gasteiger partial charge in [-0.2, -0.15) is 4.72 Å². The Morgan fingerprint density at radius 2 is 1.83 bits per heavy atom. The van der Waals surface area contributed by atoms with Crippen molar-refractivity contribution in [1.82, 2.24) is 4.72 Å². The van der Waals surface area contributed by atoms with Crippen LogP contribution in [0.4, 0.5) is 4.39 Å². The molecule has 2 aromatic rings. The molecule has 122 valence electrons. The molecule has 23 heavy (non-hydrogen) atoms. The first-order valence-corrected chi connectivity index (χ1v) is 8.30. The lowest BCUT2D eigenvalue weighted by Gasteiger charge is -2.09. The van der Waals surface area contributed by atoms with E-state index in [-0.39, 0.29) is 10.5 Å². The Bertz CT molecular complexity index is 834. The first-order chi connectivity index (χ1) is 10.8. The lowest BCUT2D eigenvalue weighted by atomic mass is 10.2. The monoisotopic (exact) mass is 337 g/mol. The maximum atomic E-state index is 13.2. The molecule has 5 nitrogen and oxygen atoms in total. The maximum absolute atomic E-state index is 13.2. The van der Waals surface area contributed by atoms with Gasteiger partial charge < -0.3 is 4.74 Å². The summed E-state index contributed by atoms with van der Waals surface area (Å²) in [6, 6.07) is 10.3. The van der Waals surface area contributed by atoms with Crippen molar-refractivity contribution in [1.29, 1.82) is 0 Å². The number of esters is 1. The van der Waals surface area contributed by atoms with Gasteiger partial charge >= 0.3 is 5.97 Å². The number of carbonyl (C=O) groups excluding carboxylic acids is 1. The lowest BCUT2D eigenvalue weighted by Crippen LogP contribution is -2.32. The number of ether oxygens (including phenoxy) is 1. The number of aryl methyl sites for hydroxylation is 2. The predicted molar refractivity (Wildman–Crippen MR) is 83.1 cm³/mol. The number of rotatable bonds is 5. The van der Waals surface area contributed by atoms with E-state index in [1.807, 2.05) is 0 Å². The number of halogens is 1. The van der Waals surface area contributed by atoms with Crippen molar-refractivity contribution in [2.75, 3.05) is 6.54 Å². The zero-order valence-electron chi connectivity index (χ0n) is 12.7. The highest BCUT2D eigenvalue weighted by Crippen LogP contribution is 2.17. The molecule has 0 saturated heterocycles. The Labute approximate surface area is 134 Å². The third kappa shape index (κ3) is 4.37. The van der Waals surface area contributed by atoms with Gasteiger partial charge in [0.25, 0.3) is 0 Å². The van der Waals surface area contributed by atoms with Crippen molar-refractivity contribution in [2.24, 2.45) is 0 Å². The van der Waals surface area contributed by atoms with E-state index in [9.17, 15) is 17.6 Å². The summed E-state index contributed by atoms with van der Waals surface area (Å²) in [5, 5.41) is 0. The second kappa shape index (κ2) is 6.89. The number of hydrogen-bond acceptors (Lipinski definition) is 4. The van der Waals surface area contributed by atoms with E-state index in [4.69, 9.17) is 4.74 Å². The molecule has 0 atom stereocenters. The van der Waals surface area contributed by atoms with Gasteiger partial charge in [0.15, 0.2) is 0 Å². The van der Waals surface area contributed by atoms with E-state index in [0.29, 0.717) is 5.75 Å². The minimum absolute atomic E-state index is 0.111. The zero-order valence-corrected chi connectivity index (χ0v) is 13.5. The molecule has 0 heterocycles. The fourth-order valence-electron chi connectivity index (χ4n) is 1.85. The Hall–Kier alpha value is -2.25. The van der Waals surface area contributed by atoms with E-state index in [1.54, 1.807) is 31.2 Å². The van der Waals surface area contributed by atoms with Crippen molar-refractivity contribution in [2.45, 2.75) is 18.7 Å². The Morgan fingerprint density at radius 3 is 2.48 bits per heavy atom. The van der Waals surface area contributed by atoms with E-state index >= 15 is 0 Å². The van der Waals surface area contributed by atoms with Crippen molar-refractivity contribution in [3.63, 3.8) is 0 Å². The van der Waals surface area contributed by atoms with Crippen LogP contribution in [0.25, 0.3) is 0 Å². The largest absolute Gasteiger partial charge is 0.425 e. The van der Waals surface area contributed by atoms with Gasteiger partial charge in [0.05, 0.1) is 4.90 Å². The molecule has 0 radical (unpaired) electrons. The van der Waals surface area contributed by atoms with Crippen molar-refractivity contribution < 1.29 is 22.3 Å². The summed E-state index contributed by atoms with van der Waals surface area (Å²) in [7, 11) is -3.91. The van der Waals surface area contributed by atoms with Crippen LogP contribution in [0, 0.1) is 19.7 Å². The summed E-state index contributed by atoms with van der Waals surface area (Å²) < 4.78 is 44.6. The number of benzene rings is 2. The van der Waals surface area contributed by atoms with Crippen LogP contribution in [0.2, 0.25) is 0 Å². The van der Waals surface area contributed by atoms with Crippen LogP contribution in [0.3, 0.4) is 0 Å². The Balaban J connectivity index is 2.03. The number of nitrogens with one attached hydrogen (secondary N) is 1. The number of para-hydroxylation sites is 1. The van der Waals surface area contributed by atoms with Crippen LogP contribution in [0.5, 0.6) is 5.75 Å². The third-order valence-electron chi connectivity index (χ3n) is 3.16. The van der Waals surface area contributed by atoms with Crippen molar-refractivity contribution in [3.05, 3.63) is 59.4 Å². The summed E-state index contributed by atoms with van der Waals surface area (Å²) in [5.74, 6) is -0.862. The molecule has 0 bridgehead atoms. The van der Waals surface area contributed by atoms with Crippen molar-refractivity contribution >= 4 is 16.0 Å². The van der Waals surface area contributed by atoms with Gasteiger partial charge in [-0.05, 0) is 49.2 Å². The van der Waals surface area contributed by atoms with Gasteiger partial charge in [-0.3, -0.25) is 4.79 Å². The van der Waals surface area contributed by atoms with Crippen LogP contribution < -0.4 is 9.46 Å². The minimum Gasteiger partial charge on any atom is -0.425 e. The maximum Gasteiger partial charge on any atom is 0.326 e. The highest BCUT2D eigenvalue weighted by molar-refractivity contribution is 7.89. The van der Waals surface area contributed by atoms with Crippen LogP contribution in [0.1, 0.15) is 11.1 Å². The molecule has 0 aromatic heterocycles. The topological polar surface area (TPSA) is 72.5 Å². The first-order valence-electron chi connectivity index (χ1n) is 6.82. The molecule has 0 fully saturated rings. The second-order valence-electron chi connectivity index (χ2n) is 4.98. The smallest absolute Gasteiger partial charge is 0.326 e. The molecule has 7 heteroatoms. The van der Waals surface area contributed by atoms with Gasteiger partial charge in [0.1, 0.15) is 18.1 Å². The lowest BCUT2D eigenvalue weighted by molar-refractivity contribution is -0.133. The summed E-state index contributed by atoms with van der Waals surface area (Å²) in [6.07, 6.45) is 0. The Kier molecular flexibility index (Phi) is 5.12.